The Morgan fingerprint density at radius 1 is 1.80 bits per heavy atom. The number of rotatable bonds is 2. The van der Waals surface area contributed by atoms with Gasteiger partial charge in [-0.1, -0.05) is 13.8 Å². The first-order valence-corrected chi connectivity index (χ1v) is 3.61. The van der Waals surface area contributed by atoms with Gasteiger partial charge in [0.25, 0.3) is 0 Å². The molecule has 0 bridgehead atoms. The largest absolute Gasteiger partial charge is 0.458 e. The van der Waals surface area contributed by atoms with E-state index in [2.05, 4.69) is 13.8 Å². The lowest BCUT2D eigenvalue weighted by Crippen LogP contribution is -1.99. The minimum atomic E-state index is -0.185. The Bertz CT molecular complexity index is 170. The SMILES string of the molecule is CCC(C)C1=CC(=O)OC1. The summed E-state index contributed by atoms with van der Waals surface area (Å²) in [4.78, 5) is 10.6. The Morgan fingerprint density at radius 3 is 2.90 bits per heavy atom. The maximum atomic E-state index is 10.6. The number of carbonyl (C=O) groups is 1. The van der Waals surface area contributed by atoms with Crippen LogP contribution in [0.2, 0.25) is 0 Å². The molecule has 1 rings (SSSR count). The normalized spacial score (nSPS) is 20.2. The van der Waals surface area contributed by atoms with Crippen LogP contribution < -0.4 is 0 Å². The summed E-state index contributed by atoms with van der Waals surface area (Å²) >= 11 is 0. The van der Waals surface area contributed by atoms with E-state index in [1.807, 2.05) is 0 Å². The van der Waals surface area contributed by atoms with E-state index in [4.69, 9.17) is 4.74 Å². The zero-order valence-corrected chi connectivity index (χ0v) is 6.39. The Kier molecular flexibility index (Phi) is 2.10. The molecule has 0 aromatic rings. The number of ether oxygens (including phenoxy) is 1. The zero-order valence-electron chi connectivity index (χ0n) is 6.39. The lowest BCUT2D eigenvalue weighted by molar-refractivity contribution is -0.134. The van der Waals surface area contributed by atoms with Crippen molar-refractivity contribution in [3.05, 3.63) is 11.6 Å². The second-order valence-corrected chi connectivity index (χ2v) is 2.64. The minimum Gasteiger partial charge on any atom is -0.458 e. The van der Waals surface area contributed by atoms with Crippen molar-refractivity contribution >= 4 is 5.97 Å². The van der Waals surface area contributed by atoms with E-state index in [1.54, 1.807) is 6.08 Å². The van der Waals surface area contributed by atoms with Gasteiger partial charge in [-0.25, -0.2) is 4.79 Å². The van der Waals surface area contributed by atoms with E-state index in [0.717, 1.165) is 12.0 Å². The average Bonchev–Trinajstić information content (AvgIpc) is 2.34. The lowest BCUT2D eigenvalue weighted by atomic mass is 10.00. The van der Waals surface area contributed by atoms with Gasteiger partial charge in [0.05, 0.1) is 0 Å². The van der Waals surface area contributed by atoms with Gasteiger partial charge in [0.15, 0.2) is 0 Å². The van der Waals surface area contributed by atoms with Crippen molar-refractivity contribution in [2.24, 2.45) is 5.92 Å². The third-order valence-electron chi connectivity index (χ3n) is 1.93. The molecule has 0 N–H and O–H groups in total. The van der Waals surface area contributed by atoms with E-state index in [9.17, 15) is 4.79 Å². The molecule has 0 spiro atoms. The van der Waals surface area contributed by atoms with Crippen molar-refractivity contribution < 1.29 is 9.53 Å². The summed E-state index contributed by atoms with van der Waals surface area (Å²) in [6, 6.07) is 0. The minimum absolute atomic E-state index is 0.185. The summed E-state index contributed by atoms with van der Waals surface area (Å²) in [6.45, 7) is 4.72. The van der Waals surface area contributed by atoms with Crippen LogP contribution in [0.5, 0.6) is 0 Å². The quantitative estimate of drug-likeness (QED) is 0.543. The molecule has 0 aromatic carbocycles. The number of hydrogen-bond donors (Lipinski definition) is 0. The first-order valence-electron chi connectivity index (χ1n) is 3.61. The van der Waals surface area contributed by atoms with Gasteiger partial charge in [0.2, 0.25) is 0 Å². The van der Waals surface area contributed by atoms with Gasteiger partial charge in [0.1, 0.15) is 6.61 Å². The fraction of sp³-hybridized carbons (Fsp3) is 0.625. The topological polar surface area (TPSA) is 26.3 Å². The summed E-state index contributed by atoms with van der Waals surface area (Å²) in [6.07, 6.45) is 2.68. The van der Waals surface area contributed by atoms with Gasteiger partial charge in [-0.05, 0) is 17.9 Å². The molecular weight excluding hydrogens is 128 g/mol. The molecule has 1 heterocycles. The lowest BCUT2D eigenvalue weighted by Gasteiger charge is -2.06. The fourth-order valence-electron chi connectivity index (χ4n) is 0.936. The summed E-state index contributed by atoms with van der Waals surface area (Å²) in [5.41, 5.74) is 1.13. The van der Waals surface area contributed by atoms with Crippen molar-refractivity contribution in [1.82, 2.24) is 0 Å². The molecule has 0 radical (unpaired) electrons. The molecule has 0 aromatic heterocycles. The van der Waals surface area contributed by atoms with Crippen LogP contribution in [-0.2, 0) is 9.53 Å². The van der Waals surface area contributed by atoms with Crippen LogP contribution in [0.3, 0.4) is 0 Å². The summed E-state index contributed by atoms with van der Waals surface area (Å²) in [5, 5.41) is 0. The van der Waals surface area contributed by atoms with Gasteiger partial charge >= 0.3 is 5.97 Å². The third kappa shape index (κ3) is 1.38. The Labute approximate surface area is 60.9 Å². The van der Waals surface area contributed by atoms with E-state index >= 15 is 0 Å². The van der Waals surface area contributed by atoms with Gasteiger partial charge < -0.3 is 4.74 Å². The second kappa shape index (κ2) is 2.86. The second-order valence-electron chi connectivity index (χ2n) is 2.64. The fourth-order valence-corrected chi connectivity index (χ4v) is 0.936. The van der Waals surface area contributed by atoms with Crippen molar-refractivity contribution in [2.75, 3.05) is 6.61 Å². The van der Waals surface area contributed by atoms with Crippen LogP contribution in [0, 0.1) is 5.92 Å². The average molecular weight is 140 g/mol. The summed E-state index contributed by atoms with van der Waals surface area (Å²) < 4.78 is 4.76. The van der Waals surface area contributed by atoms with Crippen LogP contribution in [-0.4, -0.2) is 12.6 Å². The number of hydrogen-bond acceptors (Lipinski definition) is 2. The highest BCUT2D eigenvalue weighted by molar-refractivity contribution is 5.85. The molecule has 2 nitrogen and oxygen atoms in total. The van der Waals surface area contributed by atoms with E-state index in [-0.39, 0.29) is 5.97 Å². The Balaban J connectivity index is 2.57. The van der Waals surface area contributed by atoms with Crippen LogP contribution in [0.15, 0.2) is 11.6 Å². The maximum Gasteiger partial charge on any atom is 0.331 e. The van der Waals surface area contributed by atoms with Crippen molar-refractivity contribution in [1.29, 1.82) is 0 Å². The monoisotopic (exact) mass is 140 g/mol. The van der Waals surface area contributed by atoms with Crippen molar-refractivity contribution in [2.45, 2.75) is 20.3 Å². The van der Waals surface area contributed by atoms with Gasteiger partial charge in [-0.2, -0.15) is 0 Å². The number of esters is 1. The molecule has 0 aliphatic carbocycles. The maximum absolute atomic E-state index is 10.6. The molecule has 0 saturated heterocycles. The highest BCUT2D eigenvalue weighted by atomic mass is 16.5. The third-order valence-corrected chi connectivity index (χ3v) is 1.93. The smallest absolute Gasteiger partial charge is 0.331 e. The molecule has 1 aliphatic heterocycles. The van der Waals surface area contributed by atoms with Gasteiger partial charge in [0, 0.05) is 6.08 Å². The van der Waals surface area contributed by atoms with Crippen LogP contribution >= 0.6 is 0 Å². The molecule has 2 heteroatoms. The molecular formula is C8H12O2. The van der Waals surface area contributed by atoms with E-state index in [0.29, 0.717) is 12.5 Å². The van der Waals surface area contributed by atoms with Gasteiger partial charge in [-0.15, -0.1) is 0 Å². The van der Waals surface area contributed by atoms with Crippen molar-refractivity contribution in [3.63, 3.8) is 0 Å². The predicted octanol–water partition coefficient (Wildman–Crippen LogP) is 1.52. The summed E-state index contributed by atoms with van der Waals surface area (Å²) in [7, 11) is 0. The van der Waals surface area contributed by atoms with E-state index < -0.39 is 0 Å². The highest BCUT2D eigenvalue weighted by Gasteiger charge is 2.16. The van der Waals surface area contributed by atoms with Crippen LogP contribution in [0.4, 0.5) is 0 Å². The Morgan fingerprint density at radius 2 is 2.50 bits per heavy atom. The zero-order chi connectivity index (χ0) is 7.56. The first kappa shape index (κ1) is 7.32. The molecule has 1 aliphatic rings. The van der Waals surface area contributed by atoms with Crippen molar-refractivity contribution in [3.8, 4) is 0 Å². The first-order chi connectivity index (χ1) is 4.74. The molecule has 0 amide bonds. The van der Waals surface area contributed by atoms with Gasteiger partial charge in [-0.3, -0.25) is 0 Å². The molecule has 0 saturated carbocycles. The molecule has 1 unspecified atom stereocenters. The molecule has 10 heavy (non-hydrogen) atoms. The summed E-state index contributed by atoms with van der Waals surface area (Å²) in [5.74, 6) is 0.307. The number of carbonyl (C=O) groups excluding carboxylic acids is 1. The van der Waals surface area contributed by atoms with E-state index in [1.165, 1.54) is 0 Å². The standard InChI is InChI=1S/C8H12O2/c1-3-6(2)7-4-8(9)10-5-7/h4,6H,3,5H2,1-2H3. The molecule has 56 valence electrons. The number of cyclic esters (lactones) is 1. The predicted molar refractivity (Wildman–Crippen MR) is 38.5 cm³/mol. The molecule has 1 atom stereocenters. The van der Waals surface area contributed by atoms with Crippen LogP contribution in [0.1, 0.15) is 20.3 Å². The van der Waals surface area contributed by atoms with Crippen LogP contribution in [0.25, 0.3) is 0 Å². The molecule has 0 fully saturated rings. The highest BCUT2D eigenvalue weighted by Crippen LogP contribution is 2.18. The Hall–Kier alpha value is -0.790.